The maximum absolute atomic E-state index is 11.2. The Kier molecular flexibility index (Phi) is 10.5. The van der Waals surface area contributed by atoms with Gasteiger partial charge in [0.05, 0.1) is 6.61 Å². The predicted octanol–water partition coefficient (Wildman–Crippen LogP) is 10.0. The molecular weight excluding hydrogens is 680 g/mol. The van der Waals surface area contributed by atoms with Crippen molar-refractivity contribution in [3.63, 3.8) is 0 Å². The molecule has 0 aliphatic heterocycles. The van der Waals surface area contributed by atoms with E-state index in [0.29, 0.717) is 5.56 Å². The molecule has 0 saturated heterocycles. The van der Waals surface area contributed by atoms with Gasteiger partial charge in [-0.3, -0.25) is 0 Å². The van der Waals surface area contributed by atoms with Crippen molar-refractivity contribution in [3.05, 3.63) is 34.9 Å². The number of benzene rings is 1. The van der Waals surface area contributed by atoms with Gasteiger partial charge in [-0.2, -0.15) is 0 Å². The normalized spacial score (nSPS) is 15.0. The third-order valence-electron chi connectivity index (χ3n) is 3.68. The van der Waals surface area contributed by atoms with Gasteiger partial charge in [-0.15, -0.1) is 0 Å². The first kappa shape index (κ1) is 30.3. The van der Waals surface area contributed by atoms with Crippen molar-refractivity contribution >= 4 is 162 Å². The molecular formula is C14H7Cl14O. The largest absolute Gasteiger partial charge is 0.236 e. The Hall–Kier alpha value is 3.24. The molecule has 167 valence electrons. The second-order valence-electron chi connectivity index (χ2n) is 5.62. The van der Waals surface area contributed by atoms with E-state index in [2.05, 4.69) is 0 Å². The minimum absolute atomic E-state index is 0.0269. The first-order valence-corrected chi connectivity index (χ1v) is 12.3. The lowest BCUT2D eigenvalue weighted by Gasteiger charge is -2.41. The van der Waals surface area contributed by atoms with Crippen LogP contribution in [0.1, 0.15) is 16.7 Å². The average molecular weight is 688 g/mol. The minimum Gasteiger partial charge on any atom is -0.236 e. The number of alkyl halides is 14. The standard InChI is InChI=1S/C14H7Cl14O/c15-9(16,11(19,20)13(23,24)25)7-2-1-6(3-4-29)8(5-7)10(17,18)12(21,22)14(26,27)28/h1-2,5H,3-4H2. The van der Waals surface area contributed by atoms with Gasteiger partial charge in [-0.25, -0.2) is 5.11 Å². The van der Waals surface area contributed by atoms with E-state index in [1.165, 1.54) is 18.2 Å². The number of hydrogen-bond acceptors (Lipinski definition) is 0. The summed E-state index contributed by atoms with van der Waals surface area (Å²) in [6, 6.07) is 4.00. The van der Waals surface area contributed by atoms with E-state index in [1.807, 2.05) is 0 Å². The molecule has 0 N–H and O–H groups in total. The maximum atomic E-state index is 11.2. The van der Waals surface area contributed by atoms with E-state index in [4.69, 9.17) is 162 Å². The molecule has 0 heterocycles. The van der Waals surface area contributed by atoms with E-state index in [1.54, 1.807) is 0 Å². The molecule has 1 aromatic carbocycles. The van der Waals surface area contributed by atoms with Crippen molar-refractivity contribution in [2.75, 3.05) is 6.61 Å². The summed E-state index contributed by atoms with van der Waals surface area (Å²) in [5.41, 5.74) is 0.229. The van der Waals surface area contributed by atoms with Crippen molar-refractivity contribution < 1.29 is 5.11 Å². The quantitative estimate of drug-likeness (QED) is 0.266. The molecule has 0 aliphatic rings. The molecule has 0 fully saturated rings. The summed E-state index contributed by atoms with van der Waals surface area (Å²) in [7, 11) is 0. The van der Waals surface area contributed by atoms with Gasteiger partial charge in [0.25, 0.3) is 0 Å². The average Bonchev–Trinajstić information content (AvgIpc) is 2.52. The van der Waals surface area contributed by atoms with Crippen molar-refractivity contribution in [1.29, 1.82) is 0 Å². The van der Waals surface area contributed by atoms with Crippen LogP contribution >= 0.6 is 162 Å². The first-order valence-electron chi connectivity index (χ1n) is 7.03. The second-order valence-corrected chi connectivity index (χ2v) is 15.5. The Bertz CT molecular complexity index is 731. The summed E-state index contributed by atoms with van der Waals surface area (Å²) in [4.78, 5) is 0. The predicted molar refractivity (Wildman–Crippen MR) is 132 cm³/mol. The zero-order chi connectivity index (χ0) is 23.3. The number of rotatable bonds is 6. The van der Waals surface area contributed by atoms with Crippen molar-refractivity contribution in [2.24, 2.45) is 0 Å². The zero-order valence-electron chi connectivity index (χ0n) is 13.3. The molecule has 0 aliphatic carbocycles. The van der Waals surface area contributed by atoms with Crippen LogP contribution in [0.2, 0.25) is 0 Å². The van der Waals surface area contributed by atoms with Crippen LogP contribution in [0.5, 0.6) is 0 Å². The lowest BCUT2D eigenvalue weighted by molar-refractivity contribution is 0.197. The summed E-state index contributed by atoms with van der Waals surface area (Å²) in [5, 5.41) is 11.2. The van der Waals surface area contributed by atoms with Crippen LogP contribution in [0.4, 0.5) is 0 Å². The Labute approximate surface area is 237 Å². The Morgan fingerprint density at radius 1 is 0.621 bits per heavy atom. The molecule has 1 nitrogen and oxygen atoms in total. The fraction of sp³-hybridized carbons (Fsp3) is 0.571. The van der Waals surface area contributed by atoms with E-state index in [-0.39, 0.29) is 17.5 Å². The molecule has 0 atom stereocenters. The summed E-state index contributed by atoms with van der Waals surface area (Å²) in [6.45, 7) is -0.544. The molecule has 0 amide bonds. The molecule has 0 saturated carbocycles. The monoisotopic (exact) mass is 681 g/mol. The summed E-state index contributed by atoms with van der Waals surface area (Å²) in [5.74, 6) is 0. The number of hydrogen-bond donors (Lipinski definition) is 0. The molecule has 1 aromatic rings. The van der Waals surface area contributed by atoms with Crippen LogP contribution in [0.15, 0.2) is 18.2 Å². The van der Waals surface area contributed by atoms with Crippen molar-refractivity contribution in [1.82, 2.24) is 0 Å². The third kappa shape index (κ3) is 5.91. The third-order valence-corrected chi connectivity index (χ3v) is 11.6. The highest BCUT2D eigenvalue weighted by atomic mass is 35.6. The van der Waals surface area contributed by atoms with Crippen LogP contribution in [0, 0.1) is 0 Å². The fourth-order valence-corrected chi connectivity index (χ4v) is 5.10. The van der Waals surface area contributed by atoms with Gasteiger partial charge in [0.2, 0.25) is 16.3 Å². The van der Waals surface area contributed by atoms with Crippen LogP contribution in [0.3, 0.4) is 0 Å². The van der Waals surface area contributed by atoms with Crippen LogP contribution in [0.25, 0.3) is 0 Å². The molecule has 1 radical (unpaired) electrons. The highest BCUT2D eigenvalue weighted by molar-refractivity contribution is 6.79. The van der Waals surface area contributed by atoms with Crippen LogP contribution < -0.4 is 0 Å². The highest BCUT2D eigenvalue weighted by Crippen LogP contribution is 2.63. The Balaban J connectivity index is 3.78. The lowest BCUT2D eigenvalue weighted by Crippen LogP contribution is -2.47. The second kappa shape index (κ2) is 10.1. The topological polar surface area (TPSA) is 19.9 Å². The summed E-state index contributed by atoms with van der Waals surface area (Å²) >= 11 is 85.2. The molecule has 0 aromatic heterocycles. The zero-order valence-corrected chi connectivity index (χ0v) is 23.9. The van der Waals surface area contributed by atoms with Crippen LogP contribution in [-0.4, -0.2) is 22.9 Å². The Morgan fingerprint density at radius 3 is 1.41 bits per heavy atom. The molecule has 15 heteroatoms. The van der Waals surface area contributed by atoms with Gasteiger partial charge in [-0.1, -0.05) is 175 Å². The lowest BCUT2D eigenvalue weighted by atomic mass is 9.95. The highest BCUT2D eigenvalue weighted by Gasteiger charge is 2.63. The Morgan fingerprint density at radius 2 is 1.03 bits per heavy atom. The van der Waals surface area contributed by atoms with Gasteiger partial charge in [0.1, 0.15) is 0 Å². The molecule has 1 rings (SSSR count). The SMILES string of the molecule is [O]CCc1ccc(C(Cl)(Cl)C(Cl)(Cl)C(Cl)(Cl)Cl)cc1C(Cl)(Cl)C(Cl)(Cl)C(Cl)(Cl)Cl. The van der Waals surface area contributed by atoms with Gasteiger partial charge in [0.15, 0.2) is 8.67 Å². The summed E-state index contributed by atoms with van der Waals surface area (Å²) < 4.78 is -14.0. The summed E-state index contributed by atoms with van der Waals surface area (Å²) in [6.07, 6.45) is -0.0462. The van der Waals surface area contributed by atoms with E-state index >= 15 is 0 Å². The minimum atomic E-state index is -2.40. The number of halogens is 14. The van der Waals surface area contributed by atoms with Gasteiger partial charge >= 0.3 is 0 Å². The van der Waals surface area contributed by atoms with Gasteiger partial charge < -0.3 is 0 Å². The van der Waals surface area contributed by atoms with Crippen molar-refractivity contribution in [3.8, 4) is 0 Å². The molecule has 29 heavy (non-hydrogen) atoms. The smallest absolute Gasteiger partial charge is 0.226 e. The molecule has 0 bridgehead atoms. The maximum Gasteiger partial charge on any atom is 0.226 e. The fourth-order valence-electron chi connectivity index (χ4n) is 2.10. The van der Waals surface area contributed by atoms with Crippen LogP contribution in [-0.2, 0) is 20.2 Å². The van der Waals surface area contributed by atoms with Crippen molar-refractivity contribution in [2.45, 2.75) is 31.3 Å². The molecule has 0 unspecified atom stereocenters. The van der Waals surface area contributed by atoms with E-state index < -0.39 is 31.5 Å². The van der Waals surface area contributed by atoms with E-state index in [0.717, 1.165) is 0 Å². The van der Waals surface area contributed by atoms with Gasteiger partial charge in [0, 0.05) is 0 Å². The first-order chi connectivity index (χ1) is 12.7. The molecule has 0 spiro atoms. The van der Waals surface area contributed by atoms with Gasteiger partial charge in [-0.05, 0) is 29.2 Å². The van der Waals surface area contributed by atoms with E-state index in [9.17, 15) is 5.11 Å².